The van der Waals surface area contributed by atoms with E-state index in [2.05, 4.69) is 0 Å². The minimum Gasteiger partial charge on any atom is -0.479 e. The monoisotopic (exact) mass is 475 g/mol. The van der Waals surface area contributed by atoms with E-state index >= 15 is 0 Å². The highest BCUT2D eigenvalue weighted by atomic mass is 35.5. The molecule has 156 valence electrons. The Balaban J connectivity index is 1.81. The van der Waals surface area contributed by atoms with Crippen LogP contribution < -0.4 is 4.74 Å². The van der Waals surface area contributed by atoms with Crippen molar-refractivity contribution in [3.05, 3.63) is 63.1 Å². The average molecular weight is 477 g/mol. The molecule has 1 aliphatic heterocycles. The molecule has 0 bridgehead atoms. The molecule has 0 radical (unpaired) electrons. The largest absolute Gasteiger partial charge is 0.479 e. The van der Waals surface area contributed by atoms with E-state index in [1.54, 1.807) is 36.1 Å². The zero-order valence-electron chi connectivity index (χ0n) is 15.6. The van der Waals surface area contributed by atoms with E-state index in [4.69, 9.17) is 39.5 Å². The first kappa shape index (κ1) is 22.2. The Morgan fingerprint density at radius 1 is 1.14 bits per heavy atom. The van der Waals surface area contributed by atoms with Crippen molar-refractivity contribution in [1.82, 2.24) is 4.90 Å². The number of halogens is 3. The van der Waals surface area contributed by atoms with Crippen LogP contribution in [-0.4, -0.2) is 42.9 Å². The Morgan fingerprint density at radius 3 is 2.38 bits per heavy atom. The third-order valence-corrected chi connectivity index (χ3v) is 7.28. The summed E-state index contributed by atoms with van der Waals surface area (Å²) in [5.74, 6) is 0.0385. The van der Waals surface area contributed by atoms with Gasteiger partial charge in [0.1, 0.15) is 5.75 Å². The molecule has 0 aliphatic carbocycles. The van der Waals surface area contributed by atoms with E-state index in [9.17, 15) is 13.2 Å². The van der Waals surface area contributed by atoms with Crippen LogP contribution >= 0.6 is 34.8 Å². The third kappa shape index (κ3) is 5.79. The van der Waals surface area contributed by atoms with Crippen LogP contribution in [0.15, 0.2) is 42.5 Å². The number of carbonyl (C=O) groups is 1. The summed E-state index contributed by atoms with van der Waals surface area (Å²) in [4.78, 5) is 14.8. The fourth-order valence-electron chi connectivity index (χ4n) is 3.24. The van der Waals surface area contributed by atoms with Crippen molar-refractivity contribution in [2.75, 3.05) is 11.5 Å². The quantitative estimate of drug-likeness (QED) is 0.610. The molecule has 5 nitrogen and oxygen atoms in total. The highest BCUT2D eigenvalue weighted by Crippen LogP contribution is 2.29. The molecule has 3 rings (SSSR count). The van der Waals surface area contributed by atoms with Gasteiger partial charge in [-0.05, 0) is 49.2 Å². The molecule has 0 aromatic heterocycles. The second-order valence-electron chi connectivity index (χ2n) is 6.98. The van der Waals surface area contributed by atoms with Crippen LogP contribution in [0.1, 0.15) is 18.9 Å². The van der Waals surface area contributed by atoms with Gasteiger partial charge in [-0.15, -0.1) is 0 Å². The van der Waals surface area contributed by atoms with E-state index in [0.29, 0.717) is 27.2 Å². The Bertz CT molecular complexity index is 995. The Hall–Kier alpha value is -1.47. The number of nitrogens with zero attached hydrogens (tertiary/aromatic N) is 1. The second-order valence-corrected chi connectivity index (χ2v) is 10.5. The topological polar surface area (TPSA) is 63.7 Å². The van der Waals surface area contributed by atoms with Crippen LogP contribution in [0.25, 0.3) is 0 Å². The molecule has 0 unspecified atom stereocenters. The predicted octanol–water partition coefficient (Wildman–Crippen LogP) is 4.63. The number of amides is 1. The SMILES string of the molecule is C[C@@H](Oc1ccc(Cl)cc1Cl)C(=O)N(Cc1ccc(Cl)cc1)[C@H]1CCS(=O)(=O)C1. The lowest BCUT2D eigenvalue weighted by atomic mass is 10.1. The zero-order chi connectivity index (χ0) is 21.2. The van der Waals surface area contributed by atoms with E-state index in [0.717, 1.165) is 5.56 Å². The van der Waals surface area contributed by atoms with Crippen LogP contribution in [0.4, 0.5) is 0 Å². The van der Waals surface area contributed by atoms with E-state index in [-0.39, 0.29) is 24.0 Å². The van der Waals surface area contributed by atoms with Crippen LogP contribution in [0, 0.1) is 0 Å². The fourth-order valence-corrected chi connectivity index (χ4v) is 5.55. The van der Waals surface area contributed by atoms with Crippen LogP contribution in [0.2, 0.25) is 15.1 Å². The molecule has 2 aromatic rings. The minimum absolute atomic E-state index is 0.0548. The maximum atomic E-state index is 13.2. The molecule has 1 amide bonds. The van der Waals surface area contributed by atoms with Gasteiger partial charge in [0, 0.05) is 22.6 Å². The molecular weight excluding hydrogens is 457 g/mol. The van der Waals surface area contributed by atoms with Gasteiger partial charge in [0.2, 0.25) is 0 Å². The Kier molecular flexibility index (Phi) is 6.99. The number of ether oxygens (including phenoxy) is 1. The van der Waals surface area contributed by atoms with Crippen molar-refractivity contribution in [2.45, 2.75) is 32.0 Å². The van der Waals surface area contributed by atoms with Crippen LogP contribution in [-0.2, 0) is 21.2 Å². The maximum Gasteiger partial charge on any atom is 0.263 e. The first-order valence-electron chi connectivity index (χ1n) is 9.02. The van der Waals surface area contributed by atoms with Gasteiger partial charge in [-0.1, -0.05) is 46.9 Å². The van der Waals surface area contributed by atoms with Gasteiger partial charge >= 0.3 is 0 Å². The number of rotatable bonds is 6. The summed E-state index contributed by atoms with van der Waals surface area (Å²) in [6, 6.07) is 11.4. The van der Waals surface area contributed by atoms with Gasteiger partial charge in [0.05, 0.1) is 16.5 Å². The van der Waals surface area contributed by atoms with Crippen molar-refractivity contribution in [2.24, 2.45) is 0 Å². The van der Waals surface area contributed by atoms with Crippen molar-refractivity contribution in [3.63, 3.8) is 0 Å². The molecule has 1 fully saturated rings. The summed E-state index contributed by atoms with van der Waals surface area (Å²) in [7, 11) is -3.16. The molecule has 1 saturated heterocycles. The number of sulfone groups is 1. The van der Waals surface area contributed by atoms with Gasteiger partial charge in [-0.25, -0.2) is 8.42 Å². The first-order valence-corrected chi connectivity index (χ1v) is 12.0. The molecule has 0 saturated carbocycles. The van der Waals surface area contributed by atoms with Gasteiger partial charge in [-0.3, -0.25) is 4.79 Å². The average Bonchev–Trinajstić information content (AvgIpc) is 3.02. The lowest BCUT2D eigenvalue weighted by Crippen LogP contribution is -2.46. The number of hydrogen-bond acceptors (Lipinski definition) is 4. The fraction of sp³-hybridized carbons (Fsp3) is 0.350. The van der Waals surface area contributed by atoms with Gasteiger partial charge in [0.25, 0.3) is 5.91 Å². The Labute approximate surface area is 185 Å². The Morgan fingerprint density at radius 2 is 1.79 bits per heavy atom. The van der Waals surface area contributed by atoms with Crippen molar-refractivity contribution >= 4 is 50.5 Å². The molecular formula is C20H20Cl3NO4S. The highest BCUT2D eigenvalue weighted by molar-refractivity contribution is 7.91. The van der Waals surface area contributed by atoms with Gasteiger partial charge < -0.3 is 9.64 Å². The van der Waals surface area contributed by atoms with Crippen LogP contribution in [0.3, 0.4) is 0 Å². The molecule has 29 heavy (non-hydrogen) atoms. The van der Waals surface area contributed by atoms with Crippen molar-refractivity contribution in [3.8, 4) is 5.75 Å². The minimum atomic E-state index is -3.16. The van der Waals surface area contributed by atoms with E-state index in [1.807, 2.05) is 12.1 Å². The van der Waals surface area contributed by atoms with E-state index in [1.165, 1.54) is 6.07 Å². The molecule has 1 heterocycles. The molecule has 2 aromatic carbocycles. The van der Waals surface area contributed by atoms with Crippen molar-refractivity contribution in [1.29, 1.82) is 0 Å². The summed E-state index contributed by atoms with van der Waals surface area (Å²) in [6.45, 7) is 1.88. The summed E-state index contributed by atoms with van der Waals surface area (Å²) >= 11 is 18.0. The molecule has 0 N–H and O–H groups in total. The number of hydrogen-bond donors (Lipinski definition) is 0. The van der Waals surface area contributed by atoms with Crippen LogP contribution in [0.5, 0.6) is 5.75 Å². The summed E-state index contributed by atoms with van der Waals surface area (Å²) in [6.07, 6.45) is -0.458. The van der Waals surface area contributed by atoms with Gasteiger partial charge in [-0.2, -0.15) is 0 Å². The van der Waals surface area contributed by atoms with Gasteiger partial charge in [0.15, 0.2) is 15.9 Å². The molecule has 0 spiro atoms. The lowest BCUT2D eigenvalue weighted by Gasteiger charge is -2.31. The predicted molar refractivity (Wildman–Crippen MR) is 116 cm³/mol. The zero-order valence-corrected chi connectivity index (χ0v) is 18.7. The normalized spacial score (nSPS) is 19.0. The maximum absolute atomic E-state index is 13.2. The molecule has 9 heteroatoms. The molecule has 1 aliphatic rings. The lowest BCUT2D eigenvalue weighted by molar-refractivity contribution is -0.140. The number of carbonyl (C=O) groups excluding carboxylic acids is 1. The second kappa shape index (κ2) is 9.13. The third-order valence-electron chi connectivity index (χ3n) is 4.74. The van der Waals surface area contributed by atoms with E-state index < -0.39 is 22.0 Å². The summed E-state index contributed by atoms with van der Waals surface area (Å²) in [5, 5.41) is 1.34. The van der Waals surface area contributed by atoms with Crippen molar-refractivity contribution < 1.29 is 17.9 Å². The first-order chi connectivity index (χ1) is 13.6. The standard InChI is InChI=1S/C20H20Cl3NO4S/c1-13(28-19-7-6-16(22)10-18(19)23)20(25)24(17-8-9-29(26,27)12-17)11-14-2-4-15(21)5-3-14/h2-7,10,13,17H,8-9,11-12H2,1H3/t13-,17+/m1/s1. The number of benzene rings is 2. The highest BCUT2D eigenvalue weighted by Gasteiger charge is 2.36. The summed E-state index contributed by atoms with van der Waals surface area (Å²) in [5.41, 5.74) is 0.851. The molecule has 2 atom stereocenters. The smallest absolute Gasteiger partial charge is 0.263 e. The summed E-state index contributed by atoms with van der Waals surface area (Å²) < 4.78 is 29.7.